The maximum Gasteiger partial charge on any atom is 0.119 e. The van der Waals surface area contributed by atoms with Gasteiger partial charge in [0.1, 0.15) is 12.4 Å². The number of nitrogens with zero attached hydrogens (tertiary/aromatic N) is 1. The van der Waals surface area contributed by atoms with Crippen LogP contribution in [0.4, 0.5) is 0 Å². The van der Waals surface area contributed by atoms with Gasteiger partial charge in [0.15, 0.2) is 0 Å². The van der Waals surface area contributed by atoms with Gasteiger partial charge in [-0.25, -0.2) is 0 Å². The average Bonchev–Trinajstić information content (AvgIpc) is 2.45. The average molecular weight is 355 g/mol. The third-order valence-electron chi connectivity index (χ3n) is 4.57. The van der Waals surface area contributed by atoms with Gasteiger partial charge in [-0.3, -0.25) is 4.90 Å². The van der Waals surface area contributed by atoms with Crippen LogP contribution in [0.3, 0.4) is 0 Å². The van der Waals surface area contributed by atoms with Crippen molar-refractivity contribution in [2.24, 2.45) is 0 Å². The van der Waals surface area contributed by atoms with E-state index < -0.39 is 0 Å². The first-order chi connectivity index (χ1) is 9.85. The van der Waals surface area contributed by atoms with E-state index in [-0.39, 0.29) is 11.1 Å². The minimum atomic E-state index is 0.178. The number of nitrogens with one attached hydrogen (secondary N) is 1. The van der Waals surface area contributed by atoms with Crippen LogP contribution in [0.25, 0.3) is 0 Å². The van der Waals surface area contributed by atoms with E-state index in [0.717, 1.165) is 42.9 Å². The lowest BCUT2D eigenvalue weighted by molar-refractivity contribution is 0.0218. The first kappa shape index (κ1) is 16.8. The van der Waals surface area contributed by atoms with Crippen molar-refractivity contribution in [2.45, 2.75) is 45.2 Å². The molecule has 0 aliphatic carbocycles. The van der Waals surface area contributed by atoms with Crippen LogP contribution in [0.2, 0.25) is 0 Å². The van der Waals surface area contributed by atoms with E-state index >= 15 is 0 Å². The molecular formula is C17H27BrN2O. The minimum absolute atomic E-state index is 0.178. The molecule has 1 aromatic carbocycles. The van der Waals surface area contributed by atoms with E-state index in [0.29, 0.717) is 0 Å². The Morgan fingerprint density at radius 3 is 2.52 bits per heavy atom. The lowest BCUT2D eigenvalue weighted by atomic mass is 9.88. The fourth-order valence-electron chi connectivity index (χ4n) is 2.66. The van der Waals surface area contributed by atoms with Gasteiger partial charge >= 0.3 is 0 Å². The second-order valence-electron chi connectivity index (χ2n) is 6.80. The number of hydrogen-bond acceptors (Lipinski definition) is 3. The summed E-state index contributed by atoms with van der Waals surface area (Å²) in [6.45, 7) is 12.9. The quantitative estimate of drug-likeness (QED) is 0.872. The molecule has 0 bridgehead atoms. The second-order valence-corrected chi connectivity index (χ2v) is 7.72. The number of hydrogen-bond donors (Lipinski definition) is 1. The molecule has 0 amide bonds. The van der Waals surface area contributed by atoms with E-state index in [2.05, 4.69) is 53.8 Å². The van der Waals surface area contributed by atoms with Crippen LogP contribution >= 0.6 is 15.9 Å². The first-order valence-electron chi connectivity index (χ1n) is 7.73. The molecule has 0 radical (unpaired) electrons. The summed E-state index contributed by atoms with van der Waals surface area (Å²) in [6.07, 6.45) is 1.15. The highest BCUT2D eigenvalue weighted by atomic mass is 79.9. The third kappa shape index (κ3) is 4.44. The van der Waals surface area contributed by atoms with Gasteiger partial charge in [0.25, 0.3) is 0 Å². The van der Waals surface area contributed by atoms with Gasteiger partial charge in [-0.15, -0.1) is 0 Å². The summed E-state index contributed by atoms with van der Waals surface area (Å²) in [6, 6.07) is 8.03. The summed E-state index contributed by atoms with van der Waals surface area (Å²) < 4.78 is 6.96. The van der Waals surface area contributed by atoms with Crippen LogP contribution < -0.4 is 10.1 Å². The molecule has 118 valence electrons. The Bertz CT molecular complexity index is 460. The van der Waals surface area contributed by atoms with Gasteiger partial charge < -0.3 is 10.1 Å². The van der Waals surface area contributed by atoms with E-state index in [4.69, 9.17) is 4.74 Å². The van der Waals surface area contributed by atoms with E-state index in [1.807, 2.05) is 24.3 Å². The number of benzene rings is 1. The van der Waals surface area contributed by atoms with E-state index in [1.165, 1.54) is 0 Å². The molecule has 1 aromatic rings. The van der Waals surface area contributed by atoms with Crippen molar-refractivity contribution in [3.05, 3.63) is 28.7 Å². The zero-order valence-electron chi connectivity index (χ0n) is 13.6. The molecule has 2 rings (SSSR count). The Balaban J connectivity index is 1.89. The zero-order valence-corrected chi connectivity index (χ0v) is 15.2. The van der Waals surface area contributed by atoms with Gasteiger partial charge in [-0.1, -0.05) is 22.9 Å². The van der Waals surface area contributed by atoms with Crippen LogP contribution in [0, 0.1) is 0 Å². The summed E-state index contributed by atoms with van der Waals surface area (Å²) in [4.78, 5) is 2.55. The van der Waals surface area contributed by atoms with E-state index in [9.17, 15) is 0 Å². The van der Waals surface area contributed by atoms with Crippen molar-refractivity contribution in [1.82, 2.24) is 10.2 Å². The Labute approximate surface area is 137 Å². The van der Waals surface area contributed by atoms with Crippen LogP contribution in [0.5, 0.6) is 5.75 Å². The molecule has 0 saturated carbocycles. The Morgan fingerprint density at radius 2 is 1.90 bits per heavy atom. The van der Waals surface area contributed by atoms with Crippen LogP contribution in [-0.2, 0) is 0 Å². The molecule has 0 spiro atoms. The third-order valence-corrected chi connectivity index (χ3v) is 5.10. The number of piperazine rings is 1. The molecule has 0 aromatic heterocycles. The summed E-state index contributed by atoms with van der Waals surface area (Å²) in [5.41, 5.74) is 0.394. The van der Waals surface area contributed by atoms with Gasteiger partial charge in [-0.2, -0.15) is 0 Å². The molecular weight excluding hydrogens is 328 g/mol. The van der Waals surface area contributed by atoms with Crippen molar-refractivity contribution in [3.8, 4) is 5.75 Å². The summed E-state index contributed by atoms with van der Waals surface area (Å²) in [5, 5.41) is 3.69. The predicted molar refractivity (Wildman–Crippen MR) is 92.0 cm³/mol. The lowest BCUT2D eigenvalue weighted by Gasteiger charge is -2.50. The molecule has 1 aliphatic rings. The topological polar surface area (TPSA) is 24.5 Å². The lowest BCUT2D eigenvalue weighted by Crippen LogP contribution is -2.67. The molecule has 3 nitrogen and oxygen atoms in total. The van der Waals surface area contributed by atoms with Crippen molar-refractivity contribution < 1.29 is 4.74 Å². The maximum atomic E-state index is 5.88. The predicted octanol–water partition coefficient (Wildman–Crippen LogP) is 3.68. The number of halogens is 1. The Kier molecular flexibility index (Phi) is 5.33. The summed E-state index contributed by atoms with van der Waals surface area (Å²) in [7, 11) is 0. The monoisotopic (exact) mass is 354 g/mol. The normalized spacial score (nSPS) is 25.8. The van der Waals surface area contributed by atoms with E-state index in [1.54, 1.807) is 0 Å². The van der Waals surface area contributed by atoms with Gasteiger partial charge in [-0.05, 0) is 51.5 Å². The molecule has 1 heterocycles. The SMILES string of the molecule is CCC1(C)CN(CCOc2ccc(Br)cc2)C(C)(C)CN1. The first-order valence-corrected chi connectivity index (χ1v) is 8.52. The van der Waals surface area contributed by atoms with Gasteiger partial charge in [0.2, 0.25) is 0 Å². The smallest absolute Gasteiger partial charge is 0.119 e. The fraction of sp³-hybridized carbons (Fsp3) is 0.647. The van der Waals surface area contributed by atoms with Crippen LogP contribution in [-0.4, -0.2) is 42.2 Å². The highest BCUT2D eigenvalue weighted by Crippen LogP contribution is 2.25. The minimum Gasteiger partial charge on any atom is -0.492 e. The largest absolute Gasteiger partial charge is 0.492 e. The molecule has 1 unspecified atom stereocenters. The molecule has 1 N–H and O–H groups in total. The molecule has 1 atom stereocenters. The standard InChI is InChI=1S/C17H27BrN2O/c1-5-17(4)13-20(16(2,3)12-19-17)10-11-21-15-8-6-14(18)7-9-15/h6-9,19H,5,10-13H2,1-4H3. The highest BCUT2D eigenvalue weighted by Gasteiger charge is 2.38. The second kappa shape index (κ2) is 6.67. The van der Waals surface area contributed by atoms with Crippen molar-refractivity contribution in [1.29, 1.82) is 0 Å². The van der Waals surface area contributed by atoms with Gasteiger partial charge in [0.05, 0.1) is 0 Å². The van der Waals surface area contributed by atoms with Crippen LogP contribution in [0.1, 0.15) is 34.1 Å². The van der Waals surface area contributed by atoms with Crippen molar-refractivity contribution >= 4 is 15.9 Å². The maximum absolute atomic E-state index is 5.88. The highest BCUT2D eigenvalue weighted by molar-refractivity contribution is 9.10. The molecule has 1 fully saturated rings. The summed E-state index contributed by atoms with van der Waals surface area (Å²) in [5.74, 6) is 0.935. The molecule has 4 heteroatoms. The number of rotatable bonds is 5. The zero-order chi connectivity index (χ0) is 15.5. The molecule has 1 aliphatic heterocycles. The Morgan fingerprint density at radius 1 is 1.24 bits per heavy atom. The summed E-state index contributed by atoms with van der Waals surface area (Å²) >= 11 is 3.44. The fourth-order valence-corrected chi connectivity index (χ4v) is 2.92. The molecule has 21 heavy (non-hydrogen) atoms. The number of ether oxygens (including phenoxy) is 1. The molecule has 1 saturated heterocycles. The van der Waals surface area contributed by atoms with Crippen molar-refractivity contribution in [3.63, 3.8) is 0 Å². The van der Waals surface area contributed by atoms with Crippen molar-refractivity contribution in [2.75, 3.05) is 26.2 Å². The Hall–Kier alpha value is -0.580. The van der Waals surface area contributed by atoms with Crippen LogP contribution in [0.15, 0.2) is 28.7 Å². The van der Waals surface area contributed by atoms with Gasteiger partial charge in [0, 0.05) is 35.2 Å².